The number of unbranched alkanes of at least 4 members (excludes halogenated alkanes) is 1. The average Bonchev–Trinajstić information content (AvgIpc) is 2.29. The van der Waals surface area contributed by atoms with Gasteiger partial charge in [0.05, 0.1) is 4.92 Å². The minimum atomic E-state index is -2.72. The number of nitro groups is 1. The standard InChI is InChI=1S/C11H14F2N2O2/c1-2-3-6-14-10-5-4-8(15(16)17)7-9(10)11(12)13/h4-5,7,11,14H,2-3,6H2,1H3. The molecular formula is C11H14F2N2O2. The zero-order valence-electron chi connectivity index (χ0n) is 9.45. The van der Waals surface area contributed by atoms with E-state index in [-0.39, 0.29) is 16.9 Å². The lowest BCUT2D eigenvalue weighted by molar-refractivity contribution is -0.385. The van der Waals surface area contributed by atoms with Crippen LogP contribution in [0.25, 0.3) is 0 Å². The molecule has 0 radical (unpaired) electrons. The summed E-state index contributed by atoms with van der Waals surface area (Å²) < 4.78 is 25.4. The van der Waals surface area contributed by atoms with Gasteiger partial charge in [0, 0.05) is 29.9 Å². The molecule has 1 rings (SSSR count). The summed E-state index contributed by atoms with van der Waals surface area (Å²) in [4.78, 5) is 9.81. The summed E-state index contributed by atoms with van der Waals surface area (Å²) in [6, 6.07) is 3.47. The number of nitro benzene ring substituents is 1. The second-order valence-corrected chi connectivity index (χ2v) is 3.61. The first kappa shape index (κ1) is 13.3. The molecule has 0 heterocycles. The number of anilines is 1. The molecule has 1 aromatic carbocycles. The van der Waals surface area contributed by atoms with E-state index in [1.54, 1.807) is 0 Å². The van der Waals surface area contributed by atoms with Crippen molar-refractivity contribution in [1.82, 2.24) is 0 Å². The Hall–Kier alpha value is -1.72. The van der Waals surface area contributed by atoms with E-state index in [1.165, 1.54) is 12.1 Å². The maximum Gasteiger partial charge on any atom is 0.270 e. The number of hydrogen-bond donors (Lipinski definition) is 1. The lowest BCUT2D eigenvalue weighted by atomic mass is 10.1. The van der Waals surface area contributed by atoms with Crippen LogP contribution in [0.1, 0.15) is 31.8 Å². The van der Waals surface area contributed by atoms with Crippen LogP contribution in [0.4, 0.5) is 20.2 Å². The third-order valence-corrected chi connectivity index (χ3v) is 2.33. The average molecular weight is 244 g/mol. The van der Waals surface area contributed by atoms with Crippen LogP contribution in [-0.4, -0.2) is 11.5 Å². The summed E-state index contributed by atoms with van der Waals surface area (Å²) in [5.74, 6) is 0. The van der Waals surface area contributed by atoms with E-state index in [0.717, 1.165) is 18.9 Å². The molecule has 0 fully saturated rings. The quantitative estimate of drug-likeness (QED) is 0.471. The minimum Gasteiger partial charge on any atom is -0.385 e. The van der Waals surface area contributed by atoms with Gasteiger partial charge in [-0.15, -0.1) is 0 Å². The molecule has 0 unspecified atom stereocenters. The van der Waals surface area contributed by atoms with Gasteiger partial charge in [-0.3, -0.25) is 10.1 Å². The lowest BCUT2D eigenvalue weighted by Crippen LogP contribution is -2.04. The molecule has 1 N–H and O–H groups in total. The number of benzene rings is 1. The Morgan fingerprint density at radius 2 is 2.18 bits per heavy atom. The van der Waals surface area contributed by atoms with Gasteiger partial charge in [0.25, 0.3) is 12.1 Å². The smallest absolute Gasteiger partial charge is 0.270 e. The largest absolute Gasteiger partial charge is 0.385 e. The van der Waals surface area contributed by atoms with Gasteiger partial charge in [0.2, 0.25) is 0 Å². The van der Waals surface area contributed by atoms with E-state index in [4.69, 9.17) is 0 Å². The molecule has 0 saturated heterocycles. The predicted molar refractivity (Wildman–Crippen MR) is 61.5 cm³/mol. The molecule has 4 nitrogen and oxygen atoms in total. The van der Waals surface area contributed by atoms with Crippen LogP contribution in [0, 0.1) is 10.1 Å². The number of rotatable bonds is 6. The molecule has 0 spiro atoms. The van der Waals surface area contributed by atoms with Crippen LogP contribution in [0.15, 0.2) is 18.2 Å². The minimum absolute atomic E-state index is 0.263. The highest BCUT2D eigenvalue weighted by atomic mass is 19.3. The molecule has 0 aromatic heterocycles. The molecular weight excluding hydrogens is 230 g/mol. The van der Waals surface area contributed by atoms with Crippen molar-refractivity contribution < 1.29 is 13.7 Å². The fourth-order valence-electron chi connectivity index (χ4n) is 1.41. The van der Waals surface area contributed by atoms with Crippen molar-refractivity contribution in [2.24, 2.45) is 0 Å². The summed E-state index contributed by atoms with van der Waals surface area (Å²) in [7, 11) is 0. The van der Waals surface area contributed by atoms with Crippen molar-refractivity contribution in [1.29, 1.82) is 0 Å². The summed E-state index contributed by atoms with van der Waals surface area (Å²) in [6.45, 7) is 2.57. The van der Waals surface area contributed by atoms with Gasteiger partial charge >= 0.3 is 0 Å². The number of halogens is 2. The van der Waals surface area contributed by atoms with Crippen molar-refractivity contribution in [2.45, 2.75) is 26.2 Å². The maximum absolute atomic E-state index is 12.7. The number of non-ortho nitro benzene ring substituents is 1. The molecule has 17 heavy (non-hydrogen) atoms. The van der Waals surface area contributed by atoms with Gasteiger partial charge < -0.3 is 5.32 Å². The zero-order valence-corrected chi connectivity index (χ0v) is 9.45. The van der Waals surface area contributed by atoms with Gasteiger partial charge in [0.15, 0.2) is 0 Å². The van der Waals surface area contributed by atoms with E-state index in [0.29, 0.717) is 6.54 Å². The third kappa shape index (κ3) is 3.65. The Balaban J connectivity index is 2.92. The topological polar surface area (TPSA) is 55.2 Å². The molecule has 94 valence electrons. The Kier molecular flexibility index (Phi) is 4.81. The first-order chi connectivity index (χ1) is 8.06. The molecule has 0 amide bonds. The third-order valence-electron chi connectivity index (χ3n) is 2.33. The predicted octanol–water partition coefficient (Wildman–Crippen LogP) is 3.74. The van der Waals surface area contributed by atoms with E-state index >= 15 is 0 Å². The van der Waals surface area contributed by atoms with E-state index in [1.807, 2.05) is 6.92 Å². The Labute approximate surface area is 97.8 Å². The fraction of sp³-hybridized carbons (Fsp3) is 0.455. The van der Waals surface area contributed by atoms with Crippen LogP contribution >= 0.6 is 0 Å². The van der Waals surface area contributed by atoms with Gasteiger partial charge in [-0.1, -0.05) is 13.3 Å². The number of hydrogen-bond acceptors (Lipinski definition) is 3. The molecule has 0 bridgehead atoms. The van der Waals surface area contributed by atoms with Gasteiger partial charge in [0.1, 0.15) is 0 Å². The van der Waals surface area contributed by atoms with Crippen LogP contribution in [0.3, 0.4) is 0 Å². The molecule has 0 aliphatic rings. The molecule has 0 atom stereocenters. The summed E-state index contributed by atoms with van der Waals surface area (Å²) in [6.07, 6.45) is -0.914. The van der Waals surface area contributed by atoms with E-state index in [9.17, 15) is 18.9 Å². The zero-order chi connectivity index (χ0) is 12.8. The lowest BCUT2D eigenvalue weighted by Gasteiger charge is -2.10. The molecule has 6 heteroatoms. The Morgan fingerprint density at radius 1 is 1.47 bits per heavy atom. The fourth-order valence-corrected chi connectivity index (χ4v) is 1.41. The van der Waals surface area contributed by atoms with Crippen molar-refractivity contribution in [3.63, 3.8) is 0 Å². The molecule has 0 aliphatic heterocycles. The first-order valence-electron chi connectivity index (χ1n) is 5.36. The molecule has 0 aliphatic carbocycles. The van der Waals surface area contributed by atoms with Crippen LogP contribution < -0.4 is 5.32 Å². The van der Waals surface area contributed by atoms with Gasteiger partial charge in [-0.05, 0) is 12.5 Å². The molecule has 0 saturated carbocycles. The van der Waals surface area contributed by atoms with Crippen molar-refractivity contribution in [3.05, 3.63) is 33.9 Å². The van der Waals surface area contributed by atoms with E-state index in [2.05, 4.69) is 5.32 Å². The summed E-state index contributed by atoms with van der Waals surface area (Å²) in [5.41, 5.74) is -0.379. The summed E-state index contributed by atoms with van der Waals surface area (Å²) in [5, 5.41) is 13.3. The second kappa shape index (κ2) is 6.12. The maximum atomic E-state index is 12.7. The highest BCUT2D eigenvalue weighted by Crippen LogP contribution is 2.30. The normalized spacial score (nSPS) is 10.6. The SMILES string of the molecule is CCCCNc1ccc([N+](=O)[O-])cc1C(F)F. The van der Waals surface area contributed by atoms with Crippen LogP contribution in [0.2, 0.25) is 0 Å². The van der Waals surface area contributed by atoms with Gasteiger partial charge in [-0.25, -0.2) is 8.78 Å². The molecule has 1 aromatic rings. The Morgan fingerprint density at radius 3 is 2.71 bits per heavy atom. The first-order valence-corrected chi connectivity index (χ1v) is 5.36. The van der Waals surface area contributed by atoms with E-state index < -0.39 is 11.3 Å². The highest BCUT2D eigenvalue weighted by Gasteiger charge is 2.17. The van der Waals surface area contributed by atoms with Gasteiger partial charge in [-0.2, -0.15) is 0 Å². The van der Waals surface area contributed by atoms with Crippen LogP contribution in [-0.2, 0) is 0 Å². The number of nitrogens with zero attached hydrogens (tertiary/aromatic N) is 1. The van der Waals surface area contributed by atoms with Crippen molar-refractivity contribution >= 4 is 11.4 Å². The number of alkyl halides is 2. The monoisotopic (exact) mass is 244 g/mol. The highest BCUT2D eigenvalue weighted by molar-refractivity contribution is 5.56. The number of nitrogens with one attached hydrogen (secondary N) is 1. The van der Waals surface area contributed by atoms with Crippen molar-refractivity contribution in [3.8, 4) is 0 Å². The summed E-state index contributed by atoms with van der Waals surface area (Å²) >= 11 is 0. The second-order valence-electron chi connectivity index (χ2n) is 3.61. The van der Waals surface area contributed by atoms with Crippen LogP contribution in [0.5, 0.6) is 0 Å². The van der Waals surface area contributed by atoms with Crippen molar-refractivity contribution in [2.75, 3.05) is 11.9 Å². The Bertz CT molecular complexity index is 397.